The Morgan fingerprint density at radius 1 is 1.44 bits per heavy atom. The van der Waals surface area contributed by atoms with E-state index in [0.717, 1.165) is 19.4 Å². The van der Waals surface area contributed by atoms with Crippen LogP contribution in [0.3, 0.4) is 0 Å². The molecule has 2 unspecified atom stereocenters. The third kappa shape index (κ3) is 3.04. The number of carbonyl (C=O) groups is 2. The summed E-state index contributed by atoms with van der Waals surface area (Å²) in [6, 6.07) is 0.234. The van der Waals surface area contributed by atoms with Gasteiger partial charge >= 0.3 is 0 Å². The highest BCUT2D eigenvalue weighted by Crippen LogP contribution is 2.19. The van der Waals surface area contributed by atoms with Crippen molar-refractivity contribution in [1.82, 2.24) is 10.2 Å². The van der Waals surface area contributed by atoms with Gasteiger partial charge in [-0.15, -0.1) is 0 Å². The highest BCUT2D eigenvalue weighted by molar-refractivity contribution is 6.03. The van der Waals surface area contributed by atoms with Gasteiger partial charge in [0.05, 0.1) is 0 Å². The molecule has 1 heterocycles. The van der Waals surface area contributed by atoms with Gasteiger partial charge in [-0.2, -0.15) is 0 Å². The molecule has 1 rings (SSSR count). The number of amides is 2. The van der Waals surface area contributed by atoms with Gasteiger partial charge in [0.1, 0.15) is 0 Å². The SMILES string of the molecule is CCCNC(CC)CN1C(=O)CC(C)C1=O. The van der Waals surface area contributed by atoms with Crippen LogP contribution in [0.2, 0.25) is 0 Å². The summed E-state index contributed by atoms with van der Waals surface area (Å²) >= 11 is 0. The summed E-state index contributed by atoms with van der Waals surface area (Å²) in [5.41, 5.74) is 0. The van der Waals surface area contributed by atoms with E-state index < -0.39 is 0 Å². The molecule has 4 nitrogen and oxygen atoms in total. The van der Waals surface area contributed by atoms with Crippen LogP contribution < -0.4 is 5.32 Å². The summed E-state index contributed by atoms with van der Waals surface area (Å²) < 4.78 is 0. The van der Waals surface area contributed by atoms with E-state index in [0.29, 0.717) is 13.0 Å². The average Bonchev–Trinajstić information content (AvgIpc) is 2.50. The van der Waals surface area contributed by atoms with E-state index in [-0.39, 0.29) is 23.8 Å². The van der Waals surface area contributed by atoms with E-state index in [1.165, 1.54) is 4.90 Å². The number of rotatable bonds is 6. The fourth-order valence-corrected chi connectivity index (χ4v) is 1.95. The van der Waals surface area contributed by atoms with Crippen molar-refractivity contribution in [1.29, 1.82) is 0 Å². The zero-order valence-corrected chi connectivity index (χ0v) is 10.5. The molecule has 0 radical (unpaired) electrons. The second-order valence-corrected chi connectivity index (χ2v) is 4.51. The first kappa shape index (κ1) is 13.2. The third-order valence-corrected chi connectivity index (χ3v) is 3.05. The monoisotopic (exact) mass is 226 g/mol. The van der Waals surface area contributed by atoms with E-state index in [1.807, 2.05) is 6.92 Å². The van der Waals surface area contributed by atoms with Gasteiger partial charge in [0, 0.05) is 24.9 Å². The summed E-state index contributed by atoms with van der Waals surface area (Å²) in [5, 5.41) is 3.36. The van der Waals surface area contributed by atoms with Crippen LogP contribution >= 0.6 is 0 Å². The van der Waals surface area contributed by atoms with Crippen LogP contribution in [0.15, 0.2) is 0 Å². The van der Waals surface area contributed by atoms with Crippen LogP contribution in [0.4, 0.5) is 0 Å². The Balaban J connectivity index is 2.51. The maximum atomic E-state index is 11.7. The molecular formula is C12H22N2O2. The molecule has 92 valence electrons. The van der Waals surface area contributed by atoms with Gasteiger partial charge < -0.3 is 5.32 Å². The topological polar surface area (TPSA) is 49.4 Å². The van der Waals surface area contributed by atoms with E-state index in [4.69, 9.17) is 0 Å². The van der Waals surface area contributed by atoms with Crippen molar-refractivity contribution in [3.05, 3.63) is 0 Å². The number of nitrogens with zero attached hydrogens (tertiary/aromatic N) is 1. The van der Waals surface area contributed by atoms with Gasteiger partial charge in [0.2, 0.25) is 11.8 Å². The first-order valence-corrected chi connectivity index (χ1v) is 6.17. The van der Waals surface area contributed by atoms with E-state index in [1.54, 1.807) is 0 Å². The Morgan fingerprint density at radius 3 is 2.56 bits per heavy atom. The Labute approximate surface area is 97.4 Å². The fourth-order valence-electron chi connectivity index (χ4n) is 1.95. The van der Waals surface area contributed by atoms with Crippen molar-refractivity contribution < 1.29 is 9.59 Å². The summed E-state index contributed by atoms with van der Waals surface area (Å²) in [7, 11) is 0. The van der Waals surface area contributed by atoms with Crippen LogP contribution in [0.1, 0.15) is 40.0 Å². The number of likely N-dealkylation sites (tertiary alicyclic amines) is 1. The number of carbonyl (C=O) groups excluding carboxylic acids is 2. The second-order valence-electron chi connectivity index (χ2n) is 4.51. The predicted octanol–water partition coefficient (Wildman–Crippen LogP) is 1.16. The molecule has 0 aromatic rings. The molecule has 2 atom stereocenters. The van der Waals surface area contributed by atoms with Crippen LogP contribution in [0, 0.1) is 5.92 Å². The highest BCUT2D eigenvalue weighted by atomic mass is 16.2. The summed E-state index contributed by atoms with van der Waals surface area (Å²) in [4.78, 5) is 24.7. The fraction of sp³-hybridized carbons (Fsp3) is 0.833. The molecule has 1 fully saturated rings. The normalized spacial score (nSPS) is 22.9. The Bertz CT molecular complexity index is 266. The molecule has 1 aliphatic heterocycles. The molecule has 1 aliphatic rings. The maximum Gasteiger partial charge on any atom is 0.232 e. The molecule has 0 bridgehead atoms. The molecule has 2 amide bonds. The largest absolute Gasteiger partial charge is 0.312 e. The lowest BCUT2D eigenvalue weighted by molar-refractivity contribution is -0.139. The standard InChI is InChI=1S/C12H22N2O2/c1-4-6-13-10(5-2)8-14-11(15)7-9(3)12(14)16/h9-10,13H,4-8H2,1-3H3. The third-order valence-electron chi connectivity index (χ3n) is 3.05. The van der Waals surface area contributed by atoms with Gasteiger partial charge in [-0.1, -0.05) is 20.8 Å². The van der Waals surface area contributed by atoms with Crippen molar-refractivity contribution in [2.24, 2.45) is 5.92 Å². The molecule has 16 heavy (non-hydrogen) atoms. The minimum atomic E-state index is -0.129. The molecule has 0 aliphatic carbocycles. The minimum absolute atomic E-state index is 0.0123. The summed E-state index contributed by atoms with van der Waals surface area (Å²) in [6.07, 6.45) is 2.38. The molecule has 0 saturated carbocycles. The Hall–Kier alpha value is -0.900. The van der Waals surface area contributed by atoms with Crippen LogP contribution in [0.25, 0.3) is 0 Å². The van der Waals surface area contributed by atoms with Crippen LogP contribution in [0.5, 0.6) is 0 Å². The first-order valence-electron chi connectivity index (χ1n) is 6.17. The smallest absolute Gasteiger partial charge is 0.232 e. The Morgan fingerprint density at radius 2 is 2.12 bits per heavy atom. The number of hydrogen-bond acceptors (Lipinski definition) is 3. The second kappa shape index (κ2) is 5.99. The molecule has 1 N–H and O–H groups in total. The molecule has 1 saturated heterocycles. The summed E-state index contributed by atoms with van der Waals surface area (Å²) in [5.74, 6) is -0.160. The lowest BCUT2D eigenvalue weighted by atomic mass is 10.1. The van der Waals surface area contributed by atoms with Gasteiger partial charge in [0.15, 0.2) is 0 Å². The predicted molar refractivity (Wildman–Crippen MR) is 62.9 cm³/mol. The van der Waals surface area contributed by atoms with Crippen molar-refractivity contribution in [3.63, 3.8) is 0 Å². The number of hydrogen-bond donors (Lipinski definition) is 1. The van der Waals surface area contributed by atoms with Crippen molar-refractivity contribution >= 4 is 11.8 Å². The lowest BCUT2D eigenvalue weighted by Gasteiger charge is -2.22. The van der Waals surface area contributed by atoms with Crippen molar-refractivity contribution in [3.8, 4) is 0 Å². The van der Waals surface area contributed by atoms with Gasteiger partial charge in [-0.05, 0) is 19.4 Å². The maximum absolute atomic E-state index is 11.7. The zero-order chi connectivity index (χ0) is 12.1. The molecule has 0 aromatic carbocycles. The molecular weight excluding hydrogens is 204 g/mol. The highest BCUT2D eigenvalue weighted by Gasteiger charge is 2.36. The minimum Gasteiger partial charge on any atom is -0.312 e. The average molecular weight is 226 g/mol. The quantitative estimate of drug-likeness (QED) is 0.691. The van der Waals surface area contributed by atoms with Crippen molar-refractivity contribution in [2.75, 3.05) is 13.1 Å². The Kier molecular flexibility index (Phi) is 4.93. The first-order chi connectivity index (χ1) is 7.60. The van der Waals surface area contributed by atoms with E-state index in [9.17, 15) is 9.59 Å². The summed E-state index contributed by atoms with van der Waals surface area (Å²) in [6.45, 7) is 7.46. The zero-order valence-electron chi connectivity index (χ0n) is 10.5. The number of imide groups is 1. The van der Waals surface area contributed by atoms with E-state index >= 15 is 0 Å². The van der Waals surface area contributed by atoms with Gasteiger partial charge in [-0.25, -0.2) is 0 Å². The van der Waals surface area contributed by atoms with Crippen LogP contribution in [-0.4, -0.2) is 35.8 Å². The van der Waals surface area contributed by atoms with Crippen molar-refractivity contribution in [2.45, 2.75) is 46.1 Å². The van der Waals surface area contributed by atoms with Crippen LogP contribution in [-0.2, 0) is 9.59 Å². The molecule has 0 aromatic heterocycles. The van der Waals surface area contributed by atoms with E-state index in [2.05, 4.69) is 19.2 Å². The lowest BCUT2D eigenvalue weighted by Crippen LogP contribution is -2.43. The molecule has 0 spiro atoms. The number of nitrogens with one attached hydrogen (secondary N) is 1. The van der Waals surface area contributed by atoms with Gasteiger partial charge in [-0.3, -0.25) is 14.5 Å². The van der Waals surface area contributed by atoms with Gasteiger partial charge in [0.25, 0.3) is 0 Å². The molecule has 4 heteroatoms.